The number of benzene rings is 1. The molecule has 0 saturated carbocycles. The topological polar surface area (TPSA) is 32.3 Å². The van der Waals surface area contributed by atoms with Crippen molar-refractivity contribution in [1.82, 2.24) is 5.32 Å². The van der Waals surface area contributed by atoms with Crippen LogP contribution in [0.3, 0.4) is 0 Å². The Balaban J connectivity index is 2.39. The summed E-state index contributed by atoms with van der Waals surface area (Å²) >= 11 is 0. The van der Waals surface area contributed by atoms with Gasteiger partial charge in [0.25, 0.3) is 0 Å². The van der Waals surface area contributed by atoms with Crippen molar-refractivity contribution in [2.75, 3.05) is 6.54 Å². The molecule has 0 bridgehead atoms. The van der Waals surface area contributed by atoms with Crippen molar-refractivity contribution in [2.24, 2.45) is 0 Å². The zero-order chi connectivity index (χ0) is 13.5. The third kappa shape index (κ3) is 5.19. The largest absolute Gasteiger partial charge is 0.393 e. The Morgan fingerprint density at radius 2 is 1.56 bits per heavy atom. The Labute approximate surface area is 111 Å². The van der Waals surface area contributed by atoms with Crippen LogP contribution in [0.25, 0.3) is 0 Å². The van der Waals surface area contributed by atoms with E-state index in [4.69, 9.17) is 0 Å². The minimum atomic E-state index is -0.188. The molecule has 2 N–H and O–H groups in total. The van der Waals surface area contributed by atoms with Gasteiger partial charge in [0.15, 0.2) is 0 Å². The first kappa shape index (κ1) is 15.2. The monoisotopic (exact) mass is 249 g/mol. The van der Waals surface area contributed by atoms with Gasteiger partial charge in [-0.2, -0.15) is 0 Å². The molecule has 0 saturated heterocycles. The van der Waals surface area contributed by atoms with E-state index in [9.17, 15) is 5.11 Å². The molecule has 0 aliphatic rings. The average Bonchev–Trinajstić information content (AvgIpc) is 2.34. The fourth-order valence-corrected chi connectivity index (χ4v) is 2.00. The highest BCUT2D eigenvalue weighted by Gasteiger charge is 2.05. The smallest absolute Gasteiger partial charge is 0.0512 e. The quantitative estimate of drug-likeness (QED) is 0.723. The fraction of sp³-hybridized carbons (Fsp3) is 0.625. The minimum Gasteiger partial charge on any atom is -0.393 e. The molecule has 0 aromatic heterocycles. The Morgan fingerprint density at radius 1 is 1.00 bits per heavy atom. The van der Waals surface area contributed by atoms with Crippen molar-refractivity contribution in [3.05, 3.63) is 35.4 Å². The molecule has 102 valence electrons. The number of hydrogen-bond donors (Lipinski definition) is 2. The second-order valence-corrected chi connectivity index (χ2v) is 5.49. The van der Waals surface area contributed by atoms with Gasteiger partial charge >= 0.3 is 0 Å². The minimum absolute atomic E-state index is 0.188. The van der Waals surface area contributed by atoms with Crippen LogP contribution in [0.4, 0.5) is 0 Å². The Morgan fingerprint density at radius 3 is 2.06 bits per heavy atom. The first-order valence-electron chi connectivity index (χ1n) is 7.02. The molecule has 0 aliphatic carbocycles. The van der Waals surface area contributed by atoms with Gasteiger partial charge in [-0.15, -0.1) is 0 Å². The molecule has 0 fully saturated rings. The zero-order valence-corrected chi connectivity index (χ0v) is 12.1. The molecule has 0 aliphatic heterocycles. The number of rotatable bonds is 7. The van der Waals surface area contributed by atoms with Crippen LogP contribution in [-0.4, -0.2) is 17.8 Å². The van der Waals surface area contributed by atoms with Gasteiger partial charge in [-0.05, 0) is 50.3 Å². The summed E-state index contributed by atoms with van der Waals surface area (Å²) < 4.78 is 0. The van der Waals surface area contributed by atoms with Crippen molar-refractivity contribution in [2.45, 2.75) is 58.6 Å². The summed E-state index contributed by atoms with van der Waals surface area (Å²) in [7, 11) is 0. The first-order chi connectivity index (χ1) is 8.50. The lowest BCUT2D eigenvalue weighted by molar-refractivity contribution is 0.181. The molecule has 0 spiro atoms. The van der Waals surface area contributed by atoms with Crippen LogP contribution in [-0.2, 0) is 0 Å². The molecule has 18 heavy (non-hydrogen) atoms. The number of aliphatic hydroxyl groups excluding tert-OH is 1. The number of aliphatic hydroxyl groups is 1. The molecule has 2 nitrogen and oxygen atoms in total. The highest BCUT2D eigenvalue weighted by atomic mass is 16.3. The molecule has 2 heteroatoms. The molecule has 0 amide bonds. The van der Waals surface area contributed by atoms with E-state index in [2.05, 4.69) is 50.4 Å². The van der Waals surface area contributed by atoms with E-state index in [1.165, 1.54) is 11.1 Å². The molecule has 1 aromatic carbocycles. The van der Waals surface area contributed by atoms with Gasteiger partial charge in [-0.25, -0.2) is 0 Å². The molecule has 1 aromatic rings. The van der Waals surface area contributed by atoms with Crippen LogP contribution >= 0.6 is 0 Å². The second kappa shape index (κ2) is 7.55. The van der Waals surface area contributed by atoms with E-state index >= 15 is 0 Å². The number of hydrogen-bond acceptors (Lipinski definition) is 2. The van der Waals surface area contributed by atoms with Gasteiger partial charge < -0.3 is 10.4 Å². The van der Waals surface area contributed by atoms with Crippen molar-refractivity contribution >= 4 is 0 Å². The van der Waals surface area contributed by atoms with Crippen LogP contribution in [0.5, 0.6) is 0 Å². The SMILES string of the molecule is CC(O)CCCNC(C)c1ccc(C(C)C)cc1. The lowest BCUT2D eigenvalue weighted by Gasteiger charge is -2.15. The van der Waals surface area contributed by atoms with Crippen LogP contribution in [0.1, 0.15) is 63.6 Å². The Bertz CT molecular complexity index is 329. The molecular formula is C16H27NO. The van der Waals surface area contributed by atoms with Crippen LogP contribution in [0.15, 0.2) is 24.3 Å². The third-order valence-electron chi connectivity index (χ3n) is 3.35. The lowest BCUT2D eigenvalue weighted by Crippen LogP contribution is -2.20. The predicted octanol–water partition coefficient (Wildman–Crippen LogP) is 3.62. The van der Waals surface area contributed by atoms with Gasteiger partial charge in [-0.1, -0.05) is 38.1 Å². The molecule has 0 radical (unpaired) electrons. The fourth-order valence-electron chi connectivity index (χ4n) is 2.00. The number of nitrogens with one attached hydrogen (secondary N) is 1. The summed E-state index contributed by atoms with van der Waals surface area (Å²) in [6.07, 6.45) is 1.70. The van der Waals surface area contributed by atoms with Gasteiger partial charge in [0, 0.05) is 6.04 Å². The van der Waals surface area contributed by atoms with Crippen molar-refractivity contribution in [3.8, 4) is 0 Å². The van der Waals surface area contributed by atoms with Gasteiger partial charge in [0.2, 0.25) is 0 Å². The molecular weight excluding hydrogens is 222 g/mol. The summed E-state index contributed by atoms with van der Waals surface area (Å²) in [5.74, 6) is 0.591. The zero-order valence-electron chi connectivity index (χ0n) is 12.1. The maximum atomic E-state index is 9.19. The summed E-state index contributed by atoms with van der Waals surface area (Å²) in [5, 5.41) is 12.7. The van der Waals surface area contributed by atoms with E-state index in [-0.39, 0.29) is 6.10 Å². The highest BCUT2D eigenvalue weighted by Crippen LogP contribution is 2.18. The normalized spacial score (nSPS) is 14.8. The van der Waals surface area contributed by atoms with Crippen LogP contribution < -0.4 is 5.32 Å². The average molecular weight is 249 g/mol. The van der Waals surface area contributed by atoms with Crippen molar-refractivity contribution in [1.29, 1.82) is 0 Å². The van der Waals surface area contributed by atoms with E-state index < -0.39 is 0 Å². The summed E-state index contributed by atoms with van der Waals surface area (Å²) in [5.41, 5.74) is 2.72. The predicted molar refractivity (Wildman–Crippen MR) is 77.9 cm³/mol. The lowest BCUT2D eigenvalue weighted by atomic mass is 9.99. The molecule has 2 unspecified atom stereocenters. The second-order valence-electron chi connectivity index (χ2n) is 5.49. The maximum Gasteiger partial charge on any atom is 0.0512 e. The van der Waals surface area contributed by atoms with E-state index in [0.717, 1.165) is 19.4 Å². The molecule has 1 rings (SSSR count). The molecule has 2 atom stereocenters. The Hall–Kier alpha value is -0.860. The van der Waals surface area contributed by atoms with Gasteiger partial charge in [0.1, 0.15) is 0 Å². The highest BCUT2D eigenvalue weighted by molar-refractivity contribution is 5.26. The van der Waals surface area contributed by atoms with E-state index in [1.54, 1.807) is 0 Å². The standard InChI is InChI=1S/C16H27NO/c1-12(2)15-7-9-16(10-8-15)14(4)17-11-5-6-13(3)18/h7-10,12-14,17-18H,5-6,11H2,1-4H3. The van der Waals surface area contributed by atoms with Crippen LogP contribution in [0, 0.1) is 0 Å². The van der Waals surface area contributed by atoms with Gasteiger partial charge in [-0.3, -0.25) is 0 Å². The van der Waals surface area contributed by atoms with E-state index in [0.29, 0.717) is 12.0 Å². The maximum absolute atomic E-state index is 9.19. The van der Waals surface area contributed by atoms with Gasteiger partial charge in [0.05, 0.1) is 6.10 Å². The third-order valence-corrected chi connectivity index (χ3v) is 3.35. The van der Waals surface area contributed by atoms with Crippen molar-refractivity contribution in [3.63, 3.8) is 0 Å². The Kier molecular flexibility index (Phi) is 6.37. The summed E-state index contributed by atoms with van der Waals surface area (Å²) in [6, 6.07) is 9.23. The van der Waals surface area contributed by atoms with Crippen molar-refractivity contribution < 1.29 is 5.11 Å². The van der Waals surface area contributed by atoms with Crippen LogP contribution in [0.2, 0.25) is 0 Å². The summed E-state index contributed by atoms with van der Waals surface area (Å²) in [6.45, 7) is 9.41. The molecule has 0 heterocycles. The summed E-state index contributed by atoms with van der Waals surface area (Å²) in [4.78, 5) is 0. The van der Waals surface area contributed by atoms with E-state index in [1.807, 2.05) is 6.92 Å². The first-order valence-corrected chi connectivity index (χ1v) is 7.02.